The average Bonchev–Trinajstić information content (AvgIpc) is 2.77. The number of esters is 1. The maximum atomic E-state index is 12.7. The lowest BCUT2D eigenvalue weighted by Gasteiger charge is -2.33. The Morgan fingerprint density at radius 1 is 1.10 bits per heavy atom. The minimum absolute atomic E-state index is 0.0685. The Hall–Kier alpha value is -2.89. The highest BCUT2D eigenvalue weighted by Crippen LogP contribution is 2.20. The first-order valence-corrected chi connectivity index (χ1v) is 10.2. The highest BCUT2D eigenvalue weighted by molar-refractivity contribution is 6.07. The number of amides is 2. The lowest BCUT2D eigenvalue weighted by Crippen LogP contribution is -2.43. The van der Waals surface area contributed by atoms with Crippen LogP contribution in [0.2, 0.25) is 0 Å². The van der Waals surface area contributed by atoms with Crippen LogP contribution in [0.15, 0.2) is 42.5 Å². The third-order valence-corrected chi connectivity index (χ3v) is 5.46. The molecule has 2 aromatic rings. The number of methoxy groups -OCH3 is 1. The van der Waals surface area contributed by atoms with Crippen molar-refractivity contribution in [3.63, 3.8) is 0 Å². The molecule has 1 N–H and O–H groups in total. The molecular formula is C23H28N2O4. The van der Waals surface area contributed by atoms with E-state index in [-0.39, 0.29) is 30.1 Å². The van der Waals surface area contributed by atoms with E-state index in [1.807, 2.05) is 47.4 Å². The summed E-state index contributed by atoms with van der Waals surface area (Å²) in [5, 5.41) is 5.03. The van der Waals surface area contributed by atoms with Crippen molar-refractivity contribution in [2.24, 2.45) is 5.92 Å². The van der Waals surface area contributed by atoms with Crippen LogP contribution >= 0.6 is 0 Å². The Labute approximate surface area is 171 Å². The summed E-state index contributed by atoms with van der Waals surface area (Å²) in [5.41, 5.74) is 0.676. The second-order valence-electron chi connectivity index (χ2n) is 7.51. The van der Waals surface area contributed by atoms with Gasteiger partial charge in [-0.3, -0.25) is 14.4 Å². The topological polar surface area (TPSA) is 75.7 Å². The molecule has 6 heteroatoms. The van der Waals surface area contributed by atoms with Crippen LogP contribution in [0.25, 0.3) is 10.8 Å². The van der Waals surface area contributed by atoms with Gasteiger partial charge in [-0.1, -0.05) is 36.4 Å². The molecule has 29 heavy (non-hydrogen) atoms. The number of carbonyl (C=O) groups is 3. The monoisotopic (exact) mass is 396 g/mol. The largest absolute Gasteiger partial charge is 0.469 e. The van der Waals surface area contributed by atoms with Crippen LogP contribution in [0.5, 0.6) is 0 Å². The molecule has 1 atom stereocenters. The summed E-state index contributed by atoms with van der Waals surface area (Å²) in [7, 11) is 1.35. The van der Waals surface area contributed by atoms with Crippen molar-refractivity contribution in [3.8, 4) is 0 Å². The van der Waals surface area contributed by atoms with E-state index in [4.69, 9.17) is 0 Å². The molecule has 1 fully saturated rings. The molecule has 0 unspecified atom stereocenters. The van der Waals surface area contributed by atoms with Crippen molar-refractivity contribution in [2.75, 3.05) is 26.7 Å². The third-order valence-electron chi connectivity index (χ3n) is 5.46. The van der Waals surface area contributed by atoms with Gasteiger partial charge in [0, 0.05) is 38.0 Å². The molecule has 0 saturated carbocycles. The predicted octanol–water partition coefficient (Wildman–Crippen LogP) is 3.15. The van der Waals surface area contributed by atoms with Gasteiger partial charge in [-0.25, -0.2) is 0 Å². The van der Waals surface area contributed by atoms with Crippen LogP contribution in [0.4, 0.5) is 0 Å². The summed E-state index contributed by atoms with van der Waals surface area (Å²) in [5.74, 6) is -0.0555. The number of fused-ring (bicyclic) bond motifs is 1. The molecule has 1 saturated heterocycles. The van der Waals surface area contributed by atoms with Gasteiger partial charge in [-0.15, -0.1) is 0 Å². The zero-order chi connectivity index (χ0) is 20.6. The fraction of sp³-hybridized carbons (Fsp3) is 0.435. The summed E-state index contributed by atoms with van der Waals surface area (Å²) in [6, 6.07) is 13.6. The Morgan fingerprint density at radius 3 is 2.72 bits per heavy atom. The number of likely N-dealkylation sites (tertiary alicyclic amines) is 1. The molecule has 0 spiro atoms. The second kappa shape index (κ2) is 10.0. The molecule has 0 aromatic heterocycles. The zero-order valence-corrected chi connectivity index (χ0v) is 16.9. The highest BCUT2D eigenvalue weighted by atomic mass is 16.5. The third kappa shape index (κ3) is 5.56. The van der Waals surface area contributed by atoms with Gasteiger partial charge in [0.1, 0.15) is 0 Å². The van der Waals surface area contributed by atoms with E-state index >= 15 is 0 Å². The van der Waals surface area contributed by atoms with Crippen LogP contribution in [0.1, 0.15) is 42.5 Å². The van der Waals surface area contributed by atoms with E-state index in [1.54, 1.807) is 0 Å². The van der Waals surface area contributed by atoms with E-state index in [9.17, 15) is 14.4 Å². The molecule has 1 heterocycles. The van der Waals surface area contributed by atoms with Crippen molar-refractivity contribution in [1.29, 1.82) is 0 Å². The summed E-state index contributed by atoms with van der Waals surface area (Å²) < 4.78 is 4.61. The van der Waals surface area contributed by atoms with E-state index in [0.29, 0.717) is 31.5 Å². The Morgan fingerprint density at radius 2 is 1.90 bits per heavy atom. The number of carbonyl (C=O) groups excluding carboxylic acids is 3. The van der Waals surface area contributed by atoms with Gasteiger partial charge >= 0.3 is 5.97 Å². The van der Waals surface area contributed by atoms with E-state index in [2.05, 4.69) is 10.1 Å². The number of hydrogen-bond donors (Lipinski definition) is 1. The van der Waals surface area contributed by atoms with Crippen LogP contribution < -0.4 is 5.32 Å². The van der Waals surface area contributed by atoms with Gasteiger partial charge in [0.2, 0.25) is 5.91 Å². The summed E-state index contributed by atoms with van der Waals surface area (Å²) in [4.78, 5) is 38.2. The van der Waals surface area contributed by atoms with Crippen LogP contribution in [-0.4, -0.2) is 49.4 Å². The maximum absolute atomic E-state index is 12.7. The van der Waals surface area contributed by atoms with Crippen molar-refractivity contribution in [1.82, 2.24) is 10.2 Å². The lowest BCUT2D eigenvalue weighted by atomic mass is 9.97. The summed E-state index contributed by atoms with van der Waals surface area (Å²) in [6.45, 7) is 1.94. The highest BCUT2D eigenvalue weighted by Gasteiger charge is 2.24. The number of nitrogens with zero attached hydrogens (tertiary/aromatic N) is 1. The molecule has 1 aliphatic rings. The number of piperidine rings is 1. The first kappa shape index (κ1) is 20.8. The molecule has 0 radical (unpaired) electrons. The van der Waals surface area contributed by atoms with Gasteiger partial charge in [-0.2, -0.15) is 0 Å². The smallest absolute Gasteiger partial charge is 0.305 e. The number of nitrogens with one attached hydrogen (secondary N) is 1. The van der Waals surface area contributed by atoms with Crippen LogP contribution in [-0.2, 0) is 14.3 Å². The molecule has 0 aliphatic carbocycles. The average molecular weight is 396 g/mol. The minimum Gasteiger partial charge on any atom is -0.469 e. The summed E-state index contributed by atoms with van der Waals surface area (Å²) in [6.07, 6.45) is 3.04. The Bertz CT molecular complexity index is 875. The maximum Gasteiger partial charge on any atom is 0.305 e. The lowest BCUT2D eigenvalue weighted by molar-refractivity contribution is -0.141. The van der Waals surface area contributed by atoms with E-state index in [0.717, 1.165) is 30.2 Å². The molecule has 2 aromatic carbocycles. The van der Waals surface area contributed by atoms with Crippen molar-refractivity contribution < 1.29 is 19.1 Å². The fourth-order valence-electron chi connectivity index (χ4n) is 3.86. The van der Waals surface area contributed by atoms with Crippen molar-refractivity contribution in [2.45, 2.75) is 32.1 Å². The first-order chi connectivity index (χ1) is 14.1. The molecule has 2 amide bonds. The number of rotatable bonds is 7. The number of hydrogen-bond acceptors (Lipinski definition) is 4. The molecule has 154 valence electrons. The van der Waals surface area contributed by atoms with E-state index in [1.165, 1.54) is 7.11 Å². The number of ether oxygens (including phenoxy) is 1. The van der Waals surface area contributed by atoms with Gasteiger partial charge < -0.3 is 15.0 Å². The molecule has 0 bridgehead atoms. The van der Waals surface area contributed by atoms with Crippen LogP contribution in [0.3, 0.4) is 0 Å². The molecule has 3 rings (SSSR count). The molecule has 1 aliphatic heterocycles. The molecular weight excluding hydrogens is 368 g/mol. The standard InChI is InChI=1S/C23H28N2O4/c1-29-22(27)13-5-12-21(26)25-14-6-7-17(16-25)15-24-23(28)20-11-4-9-18-8-2-3-10-19(18)20/h2-4,8-11,17H,5-7,12-16H2,1H3,(H,24,28)/t17-/m0/s1. The quantitative estimate of drug-likeness (QED) is 0.730. The minimum atomic E-state index is -0.287. The number of benzene rings is 2. The normalized spacial score (nSPS) is 16.4. The van der Waals surface area contributed by atoms with Crippen molar-refractivity contribution >= 4 is 28.6 Å². The van der Waals surface area contributed by atoms with Gasteiger partial charge in [0.05, 0.1) is 7.11 Å². The zero-order valence-electron chi connectivity index (χ0n) is 16.9. The van der Waals surface area contributed by atoms with E-state index < -0.39 is 0 Å². The first-order valence-electron chi connectivity index (χ1n) is 10.2. The van der Waals surface area contributed by atoms with Crippen LogP contribution in [0, 0.1) is 5.92 Å². The van der Waals surface area contributed by atoms with Gasteiger partial charge in [0.15, 0.2) is 0 Å². The van der Waals surface area contributed by atoms with Gasteiger partial charge in [0.25, 0.3) is 5.91 Å². The molecule has 6 nitrogen and oxygen atoms in total. The Balaban J connectivity index is 1.51. The summed E-state index contributed by atoms with van der Waals surface area (Å²) >= 11 is 0. The second-order valence-corrected chi connectivity index (χ2v) is 7.51. The fourth-order valence-corrected chi connectivity index (χ4v) is 3.86. The SMILES string of the molecule is COC(=O)CCCC(=O)N1CCC[C@@H](CNC(=O)c2cccc3ccccc23)C1. The predicted molar refractivity (Wildman–Crippen MR) is 111 cm³/mol. The Kier molecular flexibility index (Phi) is 7.22. The van der Waals surface area contributed by atoms with Crippen molar-refractivity contribution in [3.05, 3.63) is 48.0 Å². The van der Waals surface area contributed by atoms with Gasteiger partial charge in [-0.05, 0) is 42.0 Å².